The van der Waals surface area contributed by atoms with Gasteiger partial charge in [-0.25, -0.2) is 9.98 Å². The van der Waals surface area contributed by atoms with E-state index in [1.54, 1.807) is 66.6 Å². The number of nitrogens with zero attached hydrogens (tertiary/aromatic N) is 2. The van der Waals surface area contributed by atoms with E-state index < -0.39 is 6.29 Å². The third-order valence-corrected chi connectivity index (χ3v) is 8.03. The van der Waals surface area contributed by atoms with Gasteiger partial charge in [0.25, 0.3) is 5.91 Å². The molecule has 0 saturated carbocycles. The van der Waals surface area contributed by atoms with E-state index >= 15 is 0 Å². The van der Waals surface area contributed by atoms with Crippen molar-refractivity contribution in [1.82, 2.24) is 20.9 Å². The minimum Gasteiger partial charge on any atom is -0.497 e. The molecule has 1 aliphatic heterocycles. The molecular formula is C27H26N6O3S2. The van der Waals surface area contributed by atoms with Crippen LogP contribution in [0.4, 0.5) is 5.69 Å². The topological polar surface area (TPSA) is 117 Å². The lowest BCUT2D eigenvalue weighted by Gasteiger charge is -2.29. The highest BCUT2D eigenvalue weighted by molar-refractivity contribution is 8.01. The number of carbonyl (C=O) groups excluding carboxylic acids is 2. The summed E-state index contributed by atoms with van der Waals surface area (Å²) in [4.78, 5) is 34.7. The van der Waals surface area contributed by atoms with Gasteiger partial charge in [0.15, 0.2) is 10.6 Å². The number of benzene rings is 3. The maximum Gasteiger partial charge on any atom is 0.257 e. The summed E-state index contributed by atoms with van der Waals surface area (Å²) in [6.07, 6.45) is -0.407. The number of hydrogen-bond donors (Lipinski definition) is 4. The lowest BCUT2D eigenvalue weighted by atomic mass is 10.2. The summed E-state index contributed by atoms with van der Waals surface area (Å²) in [5.74, 6) is 1.11. The van der Waals surface area contributed by atoms with Crippen molar-refractivity contribution in [1.29, 1.82) is 0 Å². The van der Waals surface area contributed by atoms with Gasteiger partial charge < -0.3 is 15.4 Å². The smallest absolute Gasteiger partial charge is 0.257 e. The molecule has 11 heteroatoms. The van der Waals surface area contributed by atoms with Gasteiger partial charge in [0.2, 0.25) is 11.9 Å². The number of nitrogens with one attached hydrogen (secondary N) is 4. The van der Waals surface area contributed by atoms with Gasteiger partial charge in [0, 0.05) is 29.5 Å². The van der Waals surface area contributed by atoms with Crippen LogP contribution in [0.15, 0.2) is 88.2 Å². The molecule has 4 N–H and O–H groups in total. The van der Waals surface area contributed by atoms with Gasteiger partial charge >= 0.3 is 0 Å². The molecule has 1 aliphatic rings. The van der Waals surface area contributed by atoms with Crippen LogP contribution in [-0.2, 0) is 4.79 Å². The molecule has 5 rings (SSSR count). The zero-order valence-electron chi connectivity index (χ0n) is 20.5. The lowest BCUT2D eigenvalue weighted by Crippen LogP contribution is -2.57. The molecule has 1 fully saturated rings. The number of aliphatic imine (C=N–C) groups is 1. The first kappa shape index (κ1) is 25.7. The van der Waals surface area contributed by atoms with E-state index in [2.05, 4.69) is 37.3 Å². The number of ether oxygens (including phenoxy) is 1. The first-order valence-corrected chi connectivity index (χ1v) is 13.7. The number of rotatable bonds is 7. The van der Waals surface area contributed by atoms with Crippen LogP contribution >= 0.6 is 23.1 Å². The summed E-state index contributed by atoms with van der Waals surface area (Å²) in [6, 6.07) is 24.0. The first-order chi connectivity index (χ1) is 18.6. The maximum absolute atomic E-state index is 12.9. The number of anilines is 1. The SMILES string of the molecule is COc1ccc(N/C(=N\C2NC(=O)CC(CSc3nc4ccccc4s3)N2)NC(=O)c2ccccc2)cc1. The third-order valence-electron chi connectivity index (χ3n) is 5.68. The Hall–Kier alpha value is -3.93. The van der Waals surface area contributed by atoms with Crippen molar-refractivity contribution in [3.63, 3.8) is 0 Å². The normalized spacial score (nSPS) is 17.6. The summed E-state index contributed by atoms with van der Waals surface area (Å²) in [5, 5.41) is 12.2. The van der Waals surface area contributed by atoms with Crippen molar-refractivity contribution >= 4 is 56.8 Å². The monoisotopic (exact) mass is 546 g/mol. The second kappa shape index (κ2) is 12.1. The van der Waals surface area contributed by atoms with E-state index in [-0.39, 0.29) is 23.8 Å². The number of thiazole rings is 1. The third kappa shape index (κ3) is 6.68. The molecule has 9 nitrogen and oxygen atoms in total. The van der Waals surface area contributed by atoms with Crippen LogP contribution < -0.4 is 26.0 Å². The van der Waals surface area contributed by atoms with Gasteiger partial charge in [-0.1, -0.05) is 42.1 Å². The van der Waals surface area contributed by atoms with E-state index in [1.165, 1.54) is 0 Å². The highest BCUT2D eigenvalue weighted by atomic mass is 32.2. The second-order valence-electron chi connectivity index (χ2n) is 8.45. The molecule has 0 bridgehead atoms. The number of methoxy groups -OCH3 is 1. The van der Waals surface area contributed by atoms with Gasteiger partial charge in [-0.3, -0.25) is 20.2 Å². The van der Waals surface area contributed by atoms with Crippen molar-refractivity contribution in [2.45, 2.75) is 23.1 Å². The molecule has 2 amide bonds. The minimum atomic E-state index is -0.728. The van der Waals surface area contributed by atoms with Gasteiger partial charge in [-0.15, -0.1) is 11.3 Å². The van der Waals surface area contributed by atoms with E-state index in [1.807, 2.05) is 36.4 Å². The Bertz CT molecular complexity index is 1410. The fraction of sp³-hybridized carbons (Fsp3) is 0.185. The van der Waals surface area contributed by atoms with Crippen molar-refractivity contribution in [2.24, 2.45) is 4.99 Å². The summed E-state index contributed by atoms with van der Waals surface area (Å²) >= 11 is 3.25. The van der Waals surface area contributed by atoms with E-state index in [0.717, 1.165) is 14.6 Å². The number of aromatic nitrogens is 1. The van der Waals surface area contributed by atoms with Crippen molar-refractivity contribution < 1.29 is 14.3 Å². The average molecular weight is 547 g/mol. The van der Waals surface area contributed by atoms with E-state index in [9.17, 15) is 9.59 Å². The molecule has 1 saturated heterocycles. The molecule has 2 atom stereocenters. The Morgan fingerprint density at radius 1 is 1.11 bits per heavy atom. The van der Waals surface area contributed by atoms with Gasteiger partial charge in [0.1, 0.15) is 5.75 Å². The molecule has 2 heterocycles. The lowest BCUT2D eigenvalue weighted by molar-refractivity contribution is -0.124. The van der Waals surface area contributed by atoms with E-state index in [0.29, 0.717) is 29.2 Å². The molecule has 38 heavy (non-hydrogen) atoms. The van der Waals surface area contributed by atoms with Gasteiger partial charge in [0.05, 0.1) is 17.3 Å². The fourth-order valence-corrected chi connectivity index (χ4v) is 5.95. The molecular weight excluding hydrogens is 520 g/mol. The number of guanidine groups is 1. The quantitative estimate of drug-likeness (QED) is 0.157. The molecule has 2 unspecified atom stereocenters. The maximum atomic E-state index is 12.9. The molecule has 194 valence electrons. The Morgan fingerprint density at radius 2 is 1.87 bits per heavy atom. The molecule has 1 aromatic heterocycles. The van der Waals surface area contributed by atoms with Crippen LogP contribution in [0, 0.1) is 0 Å². The molecule has 4 aromatic rings. The molecule has 3 aromatic carbocycles. The summed E-state index contributed by atoms with van der Waals surface area (Å²) in [7, 11) is 1.60. The highest BCUT2D eigenvalue weighted by Crippen LogP contribution is 2.30. The molecule has 0 radical (unpaired) electrons. The Kier molecular flexibility index (Phi) is 8.17. The predicted molar refractivity (Wildman–Crippen MR) is 152 cm³/mol. The average Bonchev–Trinajstić information content (AvgIpc) is 3.36. The summed E-state index contributed by atoms with van der Waals surface area (Å²) in [5.41, 5.74) is 2.16. The fourth-order valence-electron chi connectivity index (χ4n) is 3.83. The largest absolute Gasteiger partial charge is 0.497 e. The Morgan fingerprint density at radius 3 is 2.63 bits per heavy atom. The Balaban J connectivity index is 1.30. The summed E-state index contributed by atoms with van der Waals surface area (Å²) < 4.78 is 7.31. The zero-order chi connectivity index (χ0) is 26.3. The number of thioether (sulfide) groups is 1. The Labute approximate surface area is 228 Å². The number of hydrogen-bond acceptors (Lipinski definition) is 8. The van der Waals surface area contributed by atoms with Gasteiger partial charge in [-0.2, -0.15) is 0 Å². The van der Waals surface area contributed by atoms with Crippen LogP contribution in [0.25, 0.3) is 10.2 Å². The second-order valence-corrected chi connectivity index (χ2v) is 10.7. The van der Waals surface area contributed by atoms with Crippen LogP contribution in [-0.4, -0.2) is 48.0 Å². The zero-order valence-corrected chi connectivity index (χ0v) is 22.1. The summed E-state index contributed by atoms with van der Waals surface area (Å²) in [6.45, 7) is 0. The number of fused-ring (bicyclic) bond motifs is 1. The number of amides is 2. The standard InChI is InChI=1S/C27H26N6O3S2/c1-36-20-13-11-18(12-14-20)28-26(32-24(35)17-7-3-2-4-8-17)33-25-29-19(15-23(34)31-25)16-37-27-30-21-9-5-6-10-22(21)38-27/h2-14,19,25,29H,15-16H2,1H3,(H,31,34)(H2,28,32,33,35). The molecule has 0 aliphatic carbocycles. The van der Waals surface area contributed by atoms with Gasteiger partial charge in [-0.05, 0) is 48.5 Å². The van der Waals surface area contributed by atoms with Crippen LogP contribution in [0.3, 0.4) is 0 Å². The van der Waals surface area contributed by atoms with Crippen molar-refractivity contribution in [2.75, 3.05) is 18.2 Å². The highest BCUT2D eigenvalue weighted by Gasteiger charge is 2.26. The number of carbonyl (C=O) groups is 2. The first-order valence-electron chi connectivity index (χ1n) is 11.9. The number of para-hydroxylation sites is 1. The molecule has 0 spiro atoms. The van der Waals surface area contributed by atoms with E-state index in [4.69, 9.17) is 4.74 Å². The van der Waals surface area contributed by atoms with Crippen LogP contribution in [0.5, 0.6) is 5.75 Å². The van der Waals surface area contributed by atoms with Crippen molar-refractivity contribution in [3.8, 4) is 5.75 Å². The predicted octanol–water partition coefficient (Wildman–Crippen LogP) is 4.06. The van der Waals surface area contributed by atoms with Crippen LogP contribution in [0.2, 0.25) is 0 Å². The van der Waals surface area contributed by atoms with Crippen molar-refractivity contribution in [3.05, 3.63) is 84.4 Å². The van der Waals surface area contributed by atoms with Crippen LogP contribution in [0.1, 0.15) is 16.8 Å². The minimum absolute atomic E-state index is 0.120.